The topological polar surface area (TPSA) is 27.4 Å². The molecule has 3 aliphatic rings. The Morgan fingerprint density at radius 1 is 1.21 bits per heavy atom. The number of rotatable bonds is 0. The van der Waals surface area contributed by atoms with E-state index >= 15 is 0 Å². The molecule has 3 atom stereocenters. The van der Waals surface area contributed by atoms with E-state index in [2.05, 4.69) is 28.7 Å². The highest BCUT2D eigenvalue weighted by atomic mass is 19.5. The Hall–Kier alpha value is -1.08. The summed E-state index contributed by atoms with van der Waals surface area (Å²) < 4.78 is 41.5. The first-order chi connectivity index (χ1) is 8.74. The van der Waals surface area contributed by atoms with Gasteiger partial charge in [0.15, 0.2) is 0 Å². The summed E-state index contributed by atoms with van der Waals surface area (Å²) in [6.45, 7) is 4.41. The maximum atomic E-state index is 9.75. The van der Waals surface area contributed by atoms with Crippen molar-refractivity contribution in [3.63, 3.8) is 0 Å². The van der Waals surface area contributed by atoms with Crippen molar-refractivity contribution in [3.05, 3.63) is 0 Å². The normalized spacial score (nSPS) is 32.9. The summed E-state index contributed by atoms with van der Waals surface area (Å²) in [5.41, 5.74) is 1.29. The molecule has 1 fully saturated rings. The summed E-state index contributed by atoms with van der Waals surface area (Å²) in [6, 6.07) is 2.11. The fourth-order valence-electron chi connectivity index (χ4n) is 3.16. The van der Waals surface area contributed by atoms with Gasteiger partial charge >= 0.3 is 13.2 Å². The highest BCUT2D eigenvalue weighted by molar-refractivity contribution is 6.50. The molecule has 0 unspecified atom stereocenters. The minimum atomic E-state index is -6.00. The van der Waals surface area contributed by atoms with Crippen molar-refractivity contribution in [2.45, 2.75) is 57.7 Å². The lowest BCUT2D eigenvalue weighted by Gasteiger charge is -2.28. The average molecular weight is 279 g/mol. The monoisotopic (exact) mass is 279 g/mol. The van der Waals surface area contributed by atoms with Crippen LogP contribution in [0, 0.1) is 0 Å². The van der Waals surface area contributed by atoms with Crippen molar-refractivity contribution in [2.75, 3.05) is 0 Å². The van der Waals surface area contributed by atoms with Gasteiger partial charge < -0.3 is 17.3 Å². The van der Waals surface area contributed by atoms with Gasteiger partial charge in [-0.3, -0.25) is 9.89 Å². The van der Waals surface area contributed by atoms with E-state index in [0.717, 1.165) is 18.0 Å². The number of hydrogen-bond acceptors (Lipinski definition) is 2. The Morgan fingerprint density at radius 2 is 1.79 bits per heavy atom. The Morgan fingerprint density at radius 3 is 2.42 bits per heavy atom. The molecule has 0 spiro atoms. The van der Waals surface area contributed by atoms with Crippen LogP contribution < -0.4 is 5.32 Å². The highest BCUT2D eigenvalue weighted by Crippen LogP contribution is 2.29. The van der Waals surface area contributed by atoms with Gasteiger partial charge in [-0.05, 0) is 26.7 Å². The second-order valence-electron chi connectivity index (χ2n) is 5.44. The lowest BCUT2D eigenvalue weighted by Crippen LogP contribution is -2.51. The first kappa shape index (κ1) is 14.3. The van der Waals surface area contributed by atoms with Gasteiger partial charge in [0.2, 0.25) is 0 Å². The third kappa shape index (κ3) is 3.70. The zero-order chi connectivity index (χ0) is 14.2. The second kappa shape index (κ2) is 5.13. The van der Waals surface area contributed by atoms with Crippen LogP contribution in [0.1, 0.15) is 39.5 Å². The second-order valence-corrected chi connectivity index (χ2v) is 5.44. The quantitative estimate of drug-likeness (QED) is 0.411. The SMILES string of the molecule is CC1=NC2=[N+]3[C@H](CC[C@H]3C1)C[C@H](C)N2.F[B-](F)(F)F. The molecular weight excluding hydrogens is 261 g/mol. The van der Waals surface area contributed by atoms with Crippen molar-refractivity contribution in [1.82, 2.24) is 5.32 Å². The summed E-state index contributed by atoms with van der Waals surface area (Å²) in [7, 11) is -6.00. The summed E-state index contributed by atoms with van der Waals surface area (Å²) >= 11 is 0. The molecule has 1 N–H and O–H groups in total. The number of hydrogen-bond donors (Lipinski definition) is 1. The number of halogens is 4. The van der Waals surface area contributed by atoms with Crippen LogP contribution in [0.2, 0.25) is 0 Å². The Kier molecular flexibility index (Phi) is 3.87. The standard InChI is InChI=1S/C11H17N3.BF4/c1-7-5-9-3-4-10-6-8(2)13-11(12-7)14(9)10;2-1(3,4)5/h7,9-10H,3-6H2,1-2H3;/q;-1/p+1/t7-,9+,10-;/m0./s1. The van der Waals surface area contributed by atoms with E-state index in [1.165, 1.54) is 31.4 Å². The Bertz CT molecular complexity index is 413. The number of guanidine groups is 1. The van der Waals surface area contributed by atoms with Crippen LogP contribution in [-0.2, 0) is 0 Å². The van der Waals surface area contributed by atoms with E-state index in [1.54, 1.807) is 0 Å². The molecule has 0 aromatic rings. The molecule has 0 radical (unpaired) electrons. The molecule has 0 bridgehead atoms. The van der Waals surface area contributed by atoms with Gasteiger partial charge in [-0.25, -0.2) is 0 Å². The predicted octanol–water partition coefficient (Wildman–Crippen LogP) is 2.43. The largest absolute Gasteiger partial charge is 0.673 e. The maximum absolute atomic E-state index is 9.75. The predicted molar refractivity (Wildman–Crippen MR) is 67.2 cm³/mol. The van der Waals surface area contributed by atoms with Crippen LogP contribution in [0.3, 0.4) is 0 Å². The lowest BCUT2D eigenvalue weighted by molar-refractivity contribution is -0.586. The van der Waals surface area contributed by atoms with Gasteiger partial charge in [0.05, 0.1) is 23.8 Å². The molecule has 0 saturated carbocycles. The lowest BCUT2D eigenvalue weighted by atomic mass is 10.1. The van der Waals surface area contributed by atoms with Crippen molar-refractivity contribution < 1.29 is 21.8 Å². The summed E-state index contributed by atoms with van der Waals surface area (Å²) in [4.78, 5) is 4.64. The van der Waals surface area contributed by atoms with Crippen LogP contribution in [-0.4, -0.2) is 41.6 Å². The van der Waals surface area contributed by atoms with Gasteiger partial charge in [0, 0.05) is 12.8 Å². The van der Waals surface area contributed by atoms with Gasteiger partial charge in [0.25, 0.3) is 0 Å². The minimum Gasteiger partial charge on any atom is -0.418 e. The molecule has 0 aromatic carbocycles. The van der Waals surface area contributed by atoms with E-state index in [1.807, 2.05) is 0 Å². The van der Waals surface area contributed by atoms with Gasteiger partial charge in [-0.1, -0.05) is 4.99 Å². The first-order valence-electron chi connectivity index (χ1n) is 6.57. The molecule has 8 heteroatoms. The van der Waals surface area contributed by atoms with Crippen LogP contribution in [0.15, 0.2) is 4.99 Å². The molecule has 3 heterocycles. The molecule has 0 aromatic heterocycles. The number of nitrogens with one attached hydrogen (secondary N) is 1. The van der Waals surface area contributed by atoms with Gasteiger partial charge in [-0.2, -0.15) is 0 Å². The first-order valence-corrected chi connectivity index (χ1v) is 6.57. The van der Waals surface area contributed by atoms with Crippen LogP contribution in [0.25, 0.3) is 0 Å². The Labute approximate surface area is 109 Å². The summed E-state index contributed by atoms with van der Waals surface area (Å²) in [5, 5.41) is 3.50. The third-order valence-electron chi connectivity index (χ3n) is 3.69. The zero-order valence-electron chi connectivity index (χ0n) is 11.0. The van der Waals surface area contributed by atoms with Gasteiger partial charge in [-0.15, -0.1) is 0 Å². The molecule has 3 rings (SSSR count). The molecule has 3 nitrogen and oxygen atoms in total. The van der Waals surface area contributed by atoms with Crippen molar-refractivity contribution in [1.29, 1.82) is 0 Å². The molecular formula is C11H18BF4N3. The molecule has 0 aliphatic carbocycles. The molecule has 3 aliphatic heterocycles. The van der Waals surface area contributed by atoms with E-state index in [9.17, 15) is 17.3 Å². The third-order valence-corrected chi connectivity index (χ3v) is 3.69. The molecule has 0 amide bonds. The van der Waals surface area contributed by atoms with E-state index in [4.69, 9.17) is 0 Å². The van der Waals surface area contributed by atoms with Crippen molar-refractivity contribution in [3.8, 4) is 0 Å². The van der Waals surface area contributed by atoms with Crippen molar-refractivity contribution in [2.24, 2.45) is 4.99 Å². The molecule has 108 valence electrons. The number of nitrogens with zero attached hydrogens (tertiary/aromatic N) is 2. The minimum absolute atomic E-state index is 0.597. The van der Waals surface area contributed by atoms with E-state index < -0.39 is 7.25 Å². The molecule has 1 saturated heterocycles. The van der Waals surface area contributed by atoms with E-state index in [0.29, 0.717) is 6.04 Å². The highest BCUT2D eigenvalue weighted by Gasteiger charge is 2.43. The zero-order valence-corrected chi connectivity index (χ0v) is 11.0. The fraction of sp³-hybridized carbons (Fsp3) is 0.818. The van der Waals surface area contributed by atoms with Crippen molar-refractivity contribution >= 4 is 18.9 Å². The summed E-state index contributed by atoms with van der Waals surface area (Å²) in [5.74, 6) is 1.15. The summed E-state index contributed by atoms with van der Waals surface area (Å²) in [6.07, 6.45) is 5.18. The van der Waals surface area contributed by atoms with Crippen LogP contribution in [0.4, 0.5) is 17.3 Å². The van der Waals surface area contributed by atoms with Gasteiger partial charge in [0.1, 0.15) is 0 Å². The maximum Gasteiger partial charge on any atom is 0.673 e. The Balaban J connectivity index is 0.000000232. The van der Waals surface area contributed by atoms with Crippen LogP contribution >= 0.6 is 0 Å². The number of aliphatic imine (C=N–C) groups is 1. The smallest absolute Gasteiger partial charge is 0.418 e. The van der Waals surface area contributed by atoms with Crippen LogP contribution in [0.5, 0.6) is 0 Å². The fourth-order valence-corrected chi connectivity index (χ4v) is 3.16. The average Bonchev–Trinajstić information content (AvgIpc) is 2.58. The molecule has 19 heavy (non-hydrogen) atoms. The van der Waals surface area contributed by atoms with E-state index in [-0.39, 0.29) is 0 Å².